The van der Waals surface area contributed by atoms with Gasteiger partial charge in [0, 0.05) is 11.6 Å². The quantitative estimate of drug-likeness (QED) is 0.233. The second kappa shape index (κ2) is 12.5. The summed E-state index contributed by atoms with van der Waals surface area (Å²) in [5.41, 5.74) is 8.33. The largest absolute Gasteiger partial charge is 0.497 e. The average Bonchev–Trinajstić information content (AvgIpc) is 3.34. The van der Waals surface area contributed by atoms with Crippen LogP contribution in [0.4, 0.5) is 13.2 Å². The zero-order valence-corrected chi connectivity index (χ0v) is 23.2. The summed E-state index contributed by atoms with van der Waals surface area (Å²) >= 11 is 0. The number of methoxy groups -OCH3 is 1. The molecule has 1 heterocycles. The lowest BCUT2D eigenvalue weighted by Gasteiger charge is -2.10. The average molecular weight is 601 g/mol. The van der Waals surface area contributed by atoms with Gasteiger partial charge < -0.3 is 20.3 Å². The van der Waals surface area contributed by atoms with E-state index >= 15 is 0 Å². The van der Waals surface area contributed by atoms with Gasteiger partial charge >= 0.3 is 12.1 Å². The number of carboxylic acids is 1. The molecule has 220 valence electrons. The van der Waals surface area contributed by atoms with Crippen molar-refractivity contribution in [1.82, 2.24) is 3.97 Å². The summed E-state index contributed by atoms with van der Waals surface area (Å²) in [6.07, 6.45) is -2.88. The zero-order valence-electron chi connectivity index (χ0n) is 22.3. The lowest BCUT2D eigenvalue weighted by Crippen LogP contribution is -2.21. The van der Waals surface area contributed by atoms with E-state index in [4.69, 9.17) is 25.1 Å². The van der Waals surface area contributed by atoms with Crippen LogP contribution in [0, 0.1) is 0 Å². The Kier molecular flexibility index (Phi) is 9.08. The number of ether oxygens (including phenoxy) is 2. The van der Waals surface area contributed by atoms with Gasteiger partial charge in [-0.25, -0.2) is 17.2 Å². The third-order valence-electron chi connectivity index (χ3n) is 6.32. The van der Waals surface area contributed by atoms with Crippen LogP contribution < -0.4 is 15.2 Å². The number of nitrogens with zero attached hydrogens (tertiary/aromatic N) is 1. The summed E-state index contributed by atoms with van der Waals surface area (Å²) in [4.78, 5) is 9.08. The van der Waals surface area contributed by atoms with Crippen LogP contribution in [0.15, 0.2) is 96.0 Å². The first kappa shape index (κ1) is 30.4. The first-order valence-electron chi connectivity index (χ1n) is 12.6. The molecule has 8 nitrogen and oxygen atoms in total. The second-order valence-electron chi connectivity index (χ2n) is 9.12. The van der Waals surface area contributed by atoms with Crippen LogP contribution in [0.25, 0.3) is 21.7 Å². The van der Waals surface area contributed by atoms with E-state index in [2.05, 4.69) is 30.3 Å². The maximum atomic E-state index is 13.4. The molecule has 0 aliphatic rings. The molecule has 0 radical (unpaired) electrons. The summed E-state index contributed by atoms with van der Waals surface area (Å²) in [7, 11) is -2.25. The van der Waals surface area contributed by atoms with Crippen molar-refractivity contribution in [3.05, 3.63) is 102 Å². The second-order valence-corrected chi connectivity index (χ2v) is 10.9. The summed E-state index contributed by atoms with van der Waals surface area (Å²) in [5, 5.41) is 10.3. The normalized spacial score (nSPS) is 11.6. The smallest absolute Gasteiger partial charge is 0.490 e. The van der Waals surface area contributed by atoms with Gasteiger partial charge in [-0.3, -0.25) is 0 Å². The number of nitrogens with two attached hydrogens (primary N) is 1. The topological polar surface area (TPSA) is 121 Å². The molecule has 0 bridgehead atoms. The van der Waals surface area contributed by atoms with Crippen LogP contribution in [0.1, 0.15) is 11.1 Å². The van der Waals surface area contributed by atoms with Crippen LogP contribution >= 0.6 is 0 Å². The molecule has 0 saturated carbocycles. The van der Waals surface area contributed by atoms with E-state index in [-0.39, 0.29) is 4.90 Å². The molecule has 0 fully saturated rings. The van der Waals surface area contributed by atoms with Crippen LogP contribution in [-0.4, -0.2) is 43.3 Å². The Labute approximate surface area is 239 Å². The zero-order chi connectivity index (χ0) is 30.5. The van der Waals surface area contributed by atoms with Crippen molar-refractivity contribution in [2.75, 3.05) is 13.7 Å². The molecule has 5 aromatic rings. The van der Waals surface area contributed by atoms with Gasteiger partial charge in [0.2, 0.25) is 0 Å². The first-order chi connectivity index (χ1) is 19.9. The highest BCUT2D eigenvalue weighted by Crippen LogP contribution is 2.30. The number of alkyl halides is 3. The number of hydrogen-bond donors (Lipinski definition) is 2. The monoisotopic (exact) mass is 600 g/mol. The Hall–Kier alpha value is -4.55. The van der Waals surface area contributed by atoms with Crippen molar-refractivity contribution in [3.8, 4) is 11.5 Å². The Balaban J connectivity index is 0.000000517. The molecule has 0 saturated heterocycles. The number of carbonyl (C=O) groups is 1. The highest BCUT2D eigenvalue weighted by Gasteiger charge is 2.38. The number of benzene rings is 4. The molecule has 42 heavy (non-hydrogen) atoms. The van der Waals surface area contributed by atoms with Crippen LogP contribution in [-0.2, 0) is 27.8 Å². The summed E-state index contributed by atoms with van der Waals surface area (Å²) in [6, 6.07) is 26.3. The van der Waals surface area contributed by atoms with Gasteiger partial charge in [-0.05, 0) is 83.4 Å². The fraction of sp³-hybridized carbons (Fsp3) is 0.167. The van der Waals surface area contributed by atoms with Crippen molar-refractivity contribution >= 4 is 37.7 Å². The Bertz CT molecular complexity index is 1820. The van der Waals surface area contributed by atoms with Gasteiger partial charge in [-0.1, -0.05) is 36.4 Å². The predicted octanol–water partition coefficient (Wildman–Crippen LogP) is 5.75. The van der Waals surface area contributed by atoms with E-state index in [1.807, 2.05) is 18.2 Å². The van der Waals surface area contributed by atoms with Crippen LogP contribution in [0.5, 0.6) is 11.5 Å². The molecule has 0 unspecified atom stereocenters. The SMILES string of the molecule is COc1ccc(S(=O)(=O)n2cc(CCN)c3cc(OCc4ccc5ccccc5c4)ccc32)cc1.O=C(O)C(F)(F)F. The van der Waals surface area contributed by atoms with Crippen molar-refractivity contribution in [3.63, 3.8) is 0 Å². The fourth-order valence-corrected chi connectivity index (χ4v) is 5.64. The van der Waals surface area contributed by atoms with E-state index < -0.39 is 22.2 Å². The Morgan fingerprint density at radius 3 is 2.19 bits per heavy atom. The third kappa shape index (κ3) is 6.84. The van der Waals surface area contributed by atoms with E-state index in [1.54, 1.807) is 49.7 Å². The number of halogens is 3. The van der Waals surface area contributed by atoms with Gasteiger partial charge in [0.05, 0.1) is 17.5 Å². The number of hydrogen-bond acceptors (Lipinski definition) is 6. The van der Waals surface area contributed by atoms with Crippen LogP contribution in [0.2, 0.25) is 0 Å². The molecular formula is C30H27F3N2O6S. The summed E-state index contributed by atoms with van der Waals surface area (Å²) in [5.74, 6) is -1.49. The van der Waals surface area contributed by atoms with E-state index in [1.165, 1.54) is 9.36 Å². The molecule has 12 heteroatoms. The van der Waals surface area contributed by atoms with Gasteiger partial charge in [-0.2, -0.15) is 13.2 Å². The molecule has 0 spiro atoms. The molecule has 1 aromatic heterocycles. The van der Waals surface area contributed by atoms with Gasteiger partial charge in [0.1, 0.15) is 18.1 Å². The number of fused-ring (bicyclic) bond motifs is 2. The van der Waals surface area contributed by atoms with Crippen molar-refractivity contribution in [1.29, 1.82) is 0 Å². The molecular weight excluding hydrogens is 573 g/mol. The predicted molar refractivity (Wildman–Crippen MR) is 152 cm³/mol. The minimum atomic E-state index is -5.08. The third-order valence-corrected chi connectivity index (χ3v) is 8.00. The highest BCUT2D eigenvalue weighted by atomic mass is 32.2. The number of carboxylic acid groups (broad SMARTS) is 1. The minimum absolute atomic E-state index is 0.186. The first-order valence-corrected chi connectivity index (χ1v) is 14.0. The van der Waals surface area contributed by atoms with E-state index in [0.29, 0.717) is 36.6 Å². The molecule has 3 N–H and O–H groups in total. The molecule has 0 amide bonds. The minimum Gasteiger partial charge on any atom is -0.497 e. The van der Waals surface area contributed by atoms with Crippen molar-refractivity contribution in [2.45, 2.75) is 24.1 Å². The maximum absolute atomic E-state index is 13.4. The molecule has 0 aliphatic heterocycles. The van der Waals surface area contributed by atoms with Gasteiger partial charge in [-0.15, -0.1) is 0 Å². The fourth-order valence-electron chi connectivity index (χ4n) is 4.25. The Morgan fingerprint density at radius 1 is 0.929 bits per heavy atom. The molecule has 0 aliphatic carbocycles. The van der Waals surface area contributed by atoms with E-state index in [0.717, 1.165) is 21.9 Å². The lowest BCUT2D eigenvalue weighted by molar-refractivity contribution is -0.192. The molecule has 4 aromatic carbocycles. The van der Waals surface area contributed by atoms with Gasteiger partial charge in [0.25, 0.3) is 10.0 Å². The van der Waals surface area contributed by atoms with Crippen molar-refractivity contribution < 1.29 is 41.0 Å². The summed E-state index contributed by atoms with van der Waals surface area (Å²) < 4.78 is 71.1. The maximum Gasteiger partial charge on any atom is 0.490 e. The number of aliphatic carboxylic acids is 1. The highest BCUT2D eigenvalue weighted by molar-refractivity contribution is 7.90. The number of aromatic nitrogens is 1. The number of rotatable bonds is 8. The van der Waals surface area contributed by atoms with Gasteiger partial charge in [0.15, 0.2) is 0 Å². The molecule has 0 atom stereocenters. The van der Waals surface area contributed by atoms with Crippen LogP contribution in [0.3, 0.4) is 0 Å². The lowest BCUT2D eigenvalue weighted by atomic mass is 10.1. The standard InChI is InChI=1S/C28H26N2O4S.C2HF3O2/c1-33-24-8-11-26(12-9-24)35(31,32)30-18-23(14-15-29)27-17-25(10-13-28(27)30)34-19-20-6-7-21-4-2-3-5-22(21)16-20;3-2(4,5)1(6)7/h2-13,16-18H,14-15,19,29H2,1H3;(H,6,7). The Morgan fingerprint density at radius 2 is 1.57 bits per heavy atom. The van der Waals surface area contributed by atoms with Crippen molar-refractivity contribution in [2.24, 2.45) is 5.73 Å². The molecule has 5 rings (SSSR count). The summed E-state index contributed by atoms with van der Waals surface area (Å²) in [6.45, 7) is 0.817. The van der Waals surface area contributed by atoms with E-state index in [9.17, 15) is 21.6 Å².